The number of anilines is 1. The molecule has 54 valence electrons. The van der Waals surface area contributed by atoms with Crippen molar-refractivity contribution in [2.24, 2.45) is 5.73 Å². The minimum Gasteiger partial charge on any atom is -0.398 e. The summed E-state index contributed by atoms with van der Waals surface area (Å²) < 4.78 is 0. The molecule has 0 heterocycles. The number of nitrogens with two attached hydrogens (primary N) is 2. The van der Waals surface area contributed by atoms with Crippen LogP contribution in [0.2, 0.25) is 5.02 Å². The van der Waals surface area contributed by atoms with Crippen LogP contribution in [-0.2, 0) is 6.54 Å². The first-order chi connectivity index (χ1) is 4.74. The summed E-state index contributed by atoms with van der Waals surface area (Å²) >= 11 is 5.71. The number of nitrogen functional groups attached to an aromatic ring is 1. The van der Waals surface area contributed by atoms with E-state index in [1.54, 1.807) is 12.1 Å². The van der Waals surface area contributed by atoms with E-state index in [2.05, 4.69) is 0 Å². The van der Waals surface area contributed by atoms with E-state index in [0.29, 0.717) is 17.3 Å². The first-order valence-corrected chi connectivity index (χ1v) is 3.36. The fourth-order valence-corrected chi connectivity index (χ4v) is 0.901. The van der Waals surface area contributed by atoms with Crippen molar-refractivity contribution in [2.45, 2.75) is 6.54 Å². The molecule has 0 saturated carbocycles. The minimum atomic E-state index is 0.500. The Kier molecular flexibility index (Phi) is 2.14. The molecule has 2 nitrogen and oxygen atoms in total. The van der Waals surface area contributed by atoms with Gasteiger partial charge in [0.05, 0.1) is 10.7 Å². The quantitative estimate of drug-likeness (QED) is 0.604. The average molecular weight is 157 g/mol. The van der Waals surface area contributed by atoms with E-state index in [1.165, 1.54) is 0 Å². The van der Waals surface area contributed by atoms with Crippen LogP contribution in [0.1, 0.15) is 5.56 Å². The fraction of sp³-hybridized carbons (Fsp3) is 0.143. The van der Waals surface area contributed by atoms with Crippen molar-refractivity contribution >= 4 is 17.3 Å². The van der Waals surface area contributed by atoms with Crippen LogP contribution in [0, 0.1) is 0 Å². The van der Waals surface area contributed by atoms with Gasteiger partial charge in [0, 0.05) is 6.54 Å². The molecule has 0 spiro atoms. The smallest absolute Gasteiger partial charge is 0.0638 e. The largest absolute Gasteiger partial charge is 0.398 e. The van der Waals surface area contributed by atoms with E-state index in [0.717, 1.165) is 5.56 Å². The van der Waals surface area contributed by atoms with Gasteiger partial charge in [0.1, 0.15) is 0 Å². The molecule has 10 heavy (non-hydrogen) atoms. The molecule has 1 aromatic carbocycles. The fourth-order valence-electron chi connectivity index (χ4n) is 0.698. The van der Waals surface area contributed by atoms with Crippen LogP contribution < -0.4 is 11.5 Å². The molecule has 0 aliphatic carbocycles. The van der Waals surface area contributed by atoms with E-state index in [4.69, 9.17) is 23.1 Å². The number of benzene rings is 1. The van der Waals surface area contributed by atoms with Crippen molar-refractivity contribution < 1.29 is 0 Å². The summed E-state index contributed by atoms with van der Waals surface area (Å²) in [5, 5.41) is 0.572. The van der Waals surface area contributed by atoms with Gasteiger partial charge in [-0.3, -0.25) is 0 Å². The zero-order valence-electron chi connectivity index (χ0n) is 5.47. The Morgan fingerprint density at radius 2 is 2.10 bits per heavy atom. The number of hydrogen-bond donors (Lipinski definition) is 2. The first-order valence-electron chi connectivity index (χ1n) is 2.98. The van der Waals surface area contributed by atoms with Crippen molar-refractivity contribution in [2.75, 3.05) is 5.73 Å². The average Bonchev–Trinajstić information content (AvgIpc) is 1.95. The second kappa shape index (κ2) is 2.90. The third kappa shape index (κ3) is 1.40. The molecule has 0 amide bonds. The van der Waals surface area contributed by atoms with Gasteiger partial charge < -0.3 is 11.5 Å². The maximum absolute atomic E-state index is 5.71. The molecule has 3 heteroatoms. The third-order valence-corrected chi connectivity index (χ3v) is 1.63. The Bertz CT molecular complexity index is 235. The number of rotatable bonds is 1. The Morgan fingerprint density at radius 3 is 2.60 bits per heavy atom. The molecule has 0 bridgehead atoms. The highest BCUT2D eigenvalue weighted by Gasteiger charge is 1.94. The summed E-state index contributed by atoms with van der Waals surface area (Å²) in [6.45, 7) is 0.500. The molecule has 4 N–H and O–H groups in total. The Morgan fingerprint density at radius 1 is 1.40 bits per heavy atom. The van der Waals surface area contributed by atoms with Gasteiger partial charge in [-0.05, 0) is 17.7 Å². The lowest BCUT2D eigenvalue weighted by Crippen LogP contribution is -1.96. The standard InChI is InChI=1S/C7H9ClN2/c8-6-3-5(4-9)1-2-7(6)10/h1-3H,4,9-10H2. The molecule has 0 unspecified atom stereocenters. The Labute approximate surface area is 64.8 Å². The third-order valence-electron chi connectivity index (χ3n) is 1.30. The Hall–Kier alpha value is -0.730. The van der Waals surface area contributed by atoms with Gasteiger partial charge in [-0.25, -0.2) is 0 Å². The molecule has 0 fully saturated rings. The van der Waals surface area contributed by atoms with Gasteiger partial charge in [-0.15, -0.1) is 0 Å². The molecule has 0 saturated heterocycles. The summed E-state index contributed by atoms with van der Waals surface area (Å²) in [7, 11) is 0. The van der Waals surface area contributed by atoms with Gasteiger partial charge in [-0.2, -0.15) is 0 Å². The second-order valence-corrected chi connectivity index (χ2v) is 2.47. The van der Waals surface area contributed by atoms with Gasteiger partial charge in [0.15, 0.2) is 0 Å². The highest BCUT2D eigenvalue weighted by molar-refractivity contribution is 6.33. The zero-order chi connectivity index (χ0) is 7.56. The SMILES string of the molecule is NCc1ccc(N)c(Cl)c1. The van der Waals surface area contributed by atoms with E-state index in [1.807, 2.05) is 6.07 Å². The maximum atomic E-state index is 5.71. The van der Waals surface area contributed by atoms with Crippen molar-refractivity contribution in [3.05, 3.63) is 28.8 Å². The van der Waals surface area contributed by atoms with Crippen LogP contribution in [-0.4, -0.2) is 0 Å². The van der Waals surface area contributed by atoms with E-state index in [-0.39, 0.29) is 0 Å². The van der Waals surface area contributed by atoms with Crippen LogP contribution in [0.5, 0.6) is 0 Å². The molecule has 0 atom stereocenters. The maximum Gasteiger partial charge on any atom is 0.0638 e. The van der Waals surface area contributed by atoms with Gasteiger partial charge >= 0.3 is 0 Å². The van der Waals surface area contributed by atoms with Crippen LogP contribution in [0.15, 0.2) is 18.2 Å². The highest BCUT2D eigenvalue weighted by atomic mass is 35.5. The topological polar surface area (TPSA) is 52.0 Å². The van der Waals surface area contributed by atoms with Crippen molar-refractivity contribution in [1.82, 2.24) is 0 Å². The lowest BCUT2D eigenvalue weighted by Gasteiger charge is -1.99. The van der Waals surface area contributed by atoms with Gasteiger partial charge in [0.2, 0.25) is 0 Å². The molecular formula is C7H9ClN2. The predicted octanol–water partition coefficient (Wildman–Crippen LogP) is 1.38. The number of halogens is 1. The molecular weight excluding hydrogens is 148 g/mol. The molecule has 0 radical (unpaired) electrons. The van der Waals surface area contributed by atoms with Crippen molar-refractivity contribution in [3.63, 3.8) is 0 Å². The summed E-state index contributed by atoms with van der Waals surface area (Å²) in [6.07, 6.45) is 0. The van der Waals surface area contributed by atoms with Crippen molar-refractivity contribution in [3.8, 4) is 0 Å². The molecule has 1 rings (SSSR count). The number of hydrogen-bond acceptors (Lipinski definition) is 2. The monoisotopic (exact) mass is 156 g/mol. The highest BCUT2D eigenvalue weighted by Crippen LogP contribution is 2.18. The van der Waals surface area contributed by atoms with Crippen LogP contribution in [0.25, 0.3) is 0 Å². The Balaban J connectivity index is 3.04. The predicted molar refractivity (Wildman–Crippen MR) is 43.8 cm³/mol. The van der Waals surface area contributed by atoms with E-state index in [9.17, 15) is 0 Å². The normalized spacial score (nSPS) is 9.80. The first kappa shape index (κ1) is 7.38. The molecule has 1 aromatic rings. The van der Waals surface area contributed by atoms with Crippen LogP contribution in [0.4, 0.5) is 5.69 Å². The molecule has 0 aliphatic rings. The van der Waals surface area contributed by atoms with Crippen molar-refractivity contribution in [1.29, 1.82) is 0 Å². The van der Waals surface area contributed by atoms with Gasteiger partial charge in [-0.1, -0.05) is 17.7 Å². The van der Waals surface area contributed by atoms with Crippen LogP contribution >= 0.6 is 11.6 Å². The summed E-state index contributed by atoms with van der Waals surface area (Å²) in [5.74, 6) is 0. The second-order valence-electron chi connectivity index (χ2n) is 2.06. The summed E-state index contributed by atoms with van der Waals surface area (Å²) in [4.78, 5) is 0. The summed E-state index contributed by atoms with van der Waals surface area (Å²) in [6, 6.07) is 5.39. The lowest BCUT2D eigenvalue weighted by atomic mass is 10.2. The molecule has 0 aliphatic heterocycles. The zero-order valence-corrected chi connectivity index (χ0v) is 6.23. The minimum absolute atomic E-state index is 0.500. The lowest BCUT2D eigenvalue weighted by molar-refractivity contribution is 1.07. The van der Waals surface area contributed by atoms with Crippen LogP contribution in [0.3, 0.4) is 0 Å². The van der Waals surface area contributed by atoms with E-state index >= 15 is 0 Å². The van der Waals surface area contributed by atoms with Gasteiger partial charge in [0.25, 0.3) is 0 Å². The molecule has 0 aromatic heterocycles. The van der Waals surface area contributed by atoms with E-state index < -0.39 is 0 Å². The summed E-state index contributed by atoms with van der Waals surface area (Å²) in [5.41, 5.74) is 12.4.